The van der Waals surface area contributed by atoms with Crippen molar-refractivity contribution in [2.75, 3.05) is 18.0 Å². The Morgan fingerprint density at radius 1 is 1.21 bits per heavy atom. The molecule has 1 aliphatic rings. The van der Waals surface area contributed by atoms with Gasteiger partial charge in [-0.05, 0) is 37.1 Å². The van der Waals surface area contributed by atoms with E-state index in [-0.39, 0.29) is 11.9 Å². The van der Waals surface area contributed by atoms with Crippen molar-refractivity contribution >= 4 is 17.2 Å². The van der Waals surface area contributed by atoms with Gasteiger partial charge in [-0.3, -0.25) is 4.79 Å². The molecule has 1 fully saturated rings. The van der Waals surface area contributed by atoms with Gasteiger partial charge in [0.2, 0.25) is 5.89 Å². The van der Waals surface area contributed by atoms with Gasteiger partial charge in [-0.25, -0.2) is 9.97 Å². The molecule has 0 radical (unpaired) electrons. The van der Waals surface area contributed by atoms with Crippen molar-refractivity contribution in [1.82, 2.24) is 19.7 Å². The highest BCUT2D eigenvalue weighted by molar-refractivity contribution is 5.92. The van der Waals surface area contributed by atoms with E-state index in [0.29, 0.717) is 18.1 Å². The second kappa shape index (κ2) is 7.09. The minimum Gasteiger partial charge on any atom is -0.444 e. The fourth-order valence-electron chi connectivity index (χ4n) is 3.85. The Kier molecular flexibility index (Phi) is 4.27. The van der Waals surface area contributed by atoms with Gasteiger partial charge in [0.1, 0.15) is 6.26 Å². The summed E-state index contributed by atoms with van der Waals surface area (Å²) in [6.45, 7) is 3.65. The predicted molar refractivity (Wildman–Crippen MR) is 110 cm³/mol. The molecule has 0 bridgehead atoms. The monoisotopic (exact) mass is 387 g/mol. The highest BCUT2D eigenvalue weighted by Gasteiger charge is 2.27. The number of oxazole rings is 1. The third-order valence-corrected chi connectivity index (χ3v) is 5.33. The number of amides is 1. The SMILES string of the molecule is Cc1ccn2ccnc(N3CC[C@H](NC(=O)c4coc(-c5ccccc5)n4)C3)c12. The van der Waals surface area contributed by atoms with E-state index in [4.69, 9.17) is 4.42 Å². The summed E-state index contributed by atoms with van der Waals surface area (Å²) < 4.78 is 7.57. The Morgan fingerprint density at radius 2 is 2.07 bits per heavy atom. The average molecular weight is 387 g/mol. The number of aryl methyl sites for hydroxylation is 1. The molecule has 7 nitrogen and oxygen atoms in total. The van der Waals surface area contributed by atoms with Crippen molar-refractivity contribution in [2.45, 2.75) is 19.4 Å². The maximum Gasteiger partial charge on any atom is 0.273 e. The number of hydrogen-bond acceptors (Lipinski definition) is 5. The first-order chi connectivity index (χ1) is 14.2. The Morgan fingerprint density at radius 3 is 2.93 bits per heavy atom. The number of anilines is 1. The second-order valence-electron chi connectivity index (χ2n) is 7.31. The van der Waals surface area contributed by atoms with Crippen LogP contribution >= 0.6 is 0 Å². The number of fused-ring (bicyclic) bond motifs is 1. The molecule has 4 heterocycles. The number of nitrogens with one attached hydrogen (secondary N) is 1. The van der Waals surface area contributed by atoms with Gasteiger partial charge < -0.3 is 19.0 Å². The van der Waals surface area contributed by atoms with E-state index in [1.165, 1.54) is 11.8 Å². The third kappa shape index (κ3) is 3.24. The summed E-state index contributed by atoms with van der Waals surface area (Å²) in [5, 5.41) is 3.08. The van der Waals surface area contributed by atoms with Gasteiger partial charge in [0.05, 0.1) is 5.52 Å². The normalized spacial score (nSPS) is 16.4. The Labute approximate surface area is 168 Å². The first kappa shape index (κ1) is 17.5. The molecule has 1 saturated heterocycles. The fraction of sp³-hybridized carbons (Fsp3) is 0.227. The largest absolute Gasteiger partial charge is 0.444 e. The topological polar surface area (TPSA) is 75.7 Å². The molecule has 3 aromatic heterocycles. The van der Waals surface area contributed by atoms with Gasteiger partial charge in [-0.2, -0.15) is 0 Å². The third-order valence-electron chi connectivity index (χ3n) is 5.33. The first-order valence-corrected chi connectivity index (χ1v) is 9.68. The lowest BCUT2D eigenvalue weighted by atomic mass is 10.2. The summed E-state index contributed by atoms with van der Waals surface area (Å²) >= 11 is 0. The minimum atomic E-state index is -0.215. The van der Waals surface area contributed by atoms with Crippen LogP contribution < -0.4 is 10.2 Å². The van der Waals surface area contributed by atoms with Crippen LogP contribution in [0.15, 0.2) is 65.7 Å². The summed E-state index contributed by atoms with van der Waals surface area (Å²) in [7, 11) is 0. The van der Waals surface area contributed by atoms with Gasteiger partial charge in [0.25, 0.3) is 5.91 Å². The highest BCUT2D eigenvalue weighted by Crippen LogP contribution is 2.26. The van der Waals surface area contributed by atoms with Crippen molar-refractivity contribution in [1.29, 1.82) is 0 Å². The van der Waals surface area contributed by atoms with Crippen LogP contribution in [-0.2, 0) is 0 Å². The summed E-state index contributed by atoms with van der Waals surface area (Å²) in [4.78, 5) is 23.8. The van der Waals surface area contributed by atoms with Crippen LogP contribution in [0, 0.1) is 6.92 Å². The number of aromatic nitrogens is 3. The van der Waals surface area contributed by atoms with Crippen molar-refractivity contribution < 1.29 is 9.21 Å². The zero-order valence-electron chi connectivity index (χ0n) is 16.1. The quantitative estimate of drug-likeness (QED) is 0.581. The van der Waals surface area contributed by atoms with Crippen LogP contribution in [0.3, 0.4) is 0 Å². The van der Waals surface area contributed by atoms with Crippen molar-refractivity contribution in [3.8, 4) is 11.5 Å². The maximum atomic E-state index is 12.6. The lowest BCUT2D eigenvalue weighted by Crippen LogP contribution is -2.37. The molecule has 0 saturated carbocycles. The van der Waals surface area contributed by atoms with E-state index in [0.717, 1.165) is 29.9 Å². The average Bonchev–Trinajstić information content (AvgIpc) is 3.49. The molecule has 1 aliphatic heterocycles. The van der Waals surface area contributed by atoms with Crippen LogP contribution in [0.4, 0.5) is 5.82 Å². The van der Waals surface area contributed by atoms with Crippen molar-refractivity contribution in [2.24, 2.45) is 0 Å². The molecule has 1 N–H and O–H groups in total. The number of rotatable bonds is 4. The molecule has 1 amide bonds. The molecular formula is C22H21N5O2. The fourth-order valence-corrected chi connectivity index (χ4v) is 3.85. The predicted octanol–water partition coefficient (Wildman–Crippen LogP) is 3.31. The van der Waals surface area contributed by atoms with Crippen LogP contribution in [0.2, 0.25) is 0 Å². The molecule has 29 heavy (non-hydrogen) atoms. The molecule has 1 aromatic carbocycles. The minimum absolute atomic E-state index is 0.0386. The lowest BCUT2D eigenvalue weighted by molar-refractivity contribution is 0.0935. The second-order valence-corrected chi connectivity index (χ2v) is 7.31. The van der Waals surface area contributed by atoms with Crippen molar-refractivity contribution in [3.05, 3.63) is 72.5 Å². The summed E-state index contributed by atoms with van der Waals surface area (Å²) in [6, 6.07) is 11.7. The molecule has 5 rings (SSSR count). The van der Waals surface area contributed by atoms with E-state index in [1.54, 1.807) is 0 Å². The van der Waals surface area contributed by atoms with Crippen molar-refractivity contribution in [3.63, 3.8) is 0 Å². The molecule has 0 unspecified atom stereocenters. The zero-order valence-corrected chi connectivity index (χ0v) is 16.1. The summed E-state index contributed by atoms with van der Waals surface area (Å²) in [5.74, 6) is 1.19. The molecular weight excluding hydrogens is 366 g/mol. The van der Waals surface area contributed by atoms with Gasteiger partial charge in [-0.15, -0.1) is 0 Å². The van der Waals surface area contributed by atoms with Gasteiger partial charge in [0.15, 0.2) is 11.5 Å². The Bertz CT molecular complexity index is 1160. The first-order valence-electron chi connectivity index (χ1n) is 9.68. The van der Waals surface area contributed by atoms with E-state index >= 15 is 0 Å². The number of carbonyl (C=O) groups is 1. The number of hydrogen-bond donors (Lipinski definition) is 1. The Hall–Kier alpha value is -3.61. The summed E-state index contributed by atoms with van der Waals surface area (Å²) in [6.07, 6.45) is 8.08. The zero-order chi connectivity index (χ0) is 19.8. The van der Waals surface area contributed by atoms with Crippen LogP contribution in [-0.4, -0.2) is 39.4 Å². The number of carbonyl (C=O) groups excluding carboxylic acids is 1. The highest BCUT2D eigenvalue weighted by atomic mass is 16.3. The number of benzene rings is 1. The van der Waals surface area contributed by atoms with E-state index in [1.807, 2.05) is 48.9 Å². The van der Waals surface area contributed by atoms with Gasteiger partial charge in [0, 0.05) is 43.3 Å². The molecule has 146 valence electrons. The maximum absolute atomic E-state index is 12.6. The van der Waals surface area contributed by atoms with E-state index in [9.17, 15) is 4.79 Å². The molecule has 1 atom stereocenters. The van der Waals surface area contributed by atoms with E-state index in [2.05, 4.69) is 37.6 Å². The standard InChI is InChI=1S/C22H21N5O2/c1-15-7-10-26-12-9-23-20(19(15)26)27-11-8-17(13-27)24-21(28)18-14-29-22(25-18)16-5-3-2-4-6-16/h2-7,9-10,12,14,17H,8,11,13H2,1H3,(H,24,28)/t17-/m0/s1. The molecule has 7 heteroatoms. The Balaban J connectivity index is 1.28. The van der Waals surface area contributed by atoms with Crippen LogP contribution in [0.5, 0.6) is 0 Å². The number of nitrogens with zero attached hydrogens (tertiary/aromatic N) is 4. The summed E-state index contributed by atoms with van der Waals surface area (Å²) in [5.41, 5.74) is 3.45. The van der Waals surface area contributed by atoms with E-state index < -0.39 is 0 Å². The van der Waals surface area contributed by atoms with Gasteiger partial charge >= 0.3 is 0 Å². The van der Waals surface area contributed by atoms with Crippen LogP contribution in [0.1, 0.15) is 22.5 Å². The molecule has 0 aliphatic carbocycles. The van der Waals surface area contributed by atoms with Gasteiger partial charge in [-0.1, -0.05) is 18.2 Å². The molecule has 4 aromatic rings. The molecule has 0 spiro atoms. The van der Waals surface area contributed by atoms with Crippen LogP contribution in [0.25, 0.3) is 17.0 Å². The lowest BCUT2D eigenvalue weighted by Gasteiger charge is -2.19. The smallest absolute Gasteiger partial charge is 0.273 e.